The minimum absolute atomic E-state index is 0.128. The van der Waals surface area contributed by atoms with Crippen molar-refractivity contribution < 1.29 is 18.7 Å². The fourth-order valence-electron chi connectivity index (χ4n) is 0.798. The maximum Gasteiger partial charge on any atom is 0.354 e. The zero-order chi connectivity index (χ0) is 10.9. The monoisotopic (exact) mass is 377 g/mol. The van der Waals surface area contributed by atoms with Crippen LogP contribution in [0.2, 0.25) is 0 Å². The lowest BCUT2D eigenvalue weighted by molar-refractivity contribution is 0.0689. The van der Waals surface area contributed by atoms with E-state index in [4.69, 9.17) is 5.11 Å². The highest BCUT2D eigenvalue weighted by Gasteiger charge is 2.19. The molecule has 0 amide bonds. The number of aromatic carboxylic acids is 1. The SMILES string of the molecule is O=C(O)c1cc(I)c(C(F)F)c(Br)n1. The molecule has 14 heavy (non-hydrogen) atoms. The van der Waals surface area contributed by atoms with Gasteiger partial charge in [-0.2, -0.15) is 0 Å². The second kappa shape index (κ2) is 4.47. The summed E-state index contributed by atoms with van der Waals surface area (Å²) in [5, 5.41) is 8.59. The van der Waals surface area contributed by atoms with Gasteiger partial charge in [0.2, 0.25) is 0 Å². The molecule has 0 fully saturated rings. The molecule has 1 aromatic heterocycles. The van der Waals surface area contributed by atoms with Crippen LogP contribution in [-0.2, 0) is 0 Å². The van der Waals surface area contributed by atoms with Gasteiger partial charge in [-0.1, -0.05) is 0 Å². The van der Waals surface area contributed by atoms with E-state index >= 15 is 0 Å². The van der Waals surface area contributed by atoms with Crippen LogP contribution < -0.4 is 0 Å². The van der Waals surface area contributed by atoms with Crippen LogP contribution in [0.1, 0.15) is 22.5 Å². The van der Waals surface area contributed by atoms with Gasteiger partial charge in [-0.3, -0.25) is 0 Å². The van der Waals surface area contributed by atoms with Crippen molar-refractivity contribution in [1.82, 2.24) is 4.98 Å². The number of aromatic nitrogens is 1. The molecule has 1 rings (SSSR count). The predicted octanol–water partition coefficient (Wildman–Crippen LogP) is 3.08. The third kappa shape index (κ3) is 2.38. The van der Waals surface area contributed by atoms with Crippen LogP contribution in [0.25, 0.3) is 0 Å². The molecule has 1 N–H and O–H groups in total. The van der Waals surface area contributed by atoms with Crippen molar-refractivity contribution in [3.8, 4) is 0 Å². The van der Waals surface area contributed by atoms with E-state index in [1.54, 1.807) is 22.6 Å². The summed E-state index contributed by atoms with van der Waals surface area (Å²) in [4.78, 5) is 14.0. The predicted molar refractivity (Wildman–Crippen MR) is 56.6 cm³/mol. The van der Waals surface area contributed by atoms with Crippen LogP contribution in [0.4, 0.5) is 8.78 Å². The second-order valence-corrected chi connectivity index (χ2v) is 4.21. The third-order valence-corrected chi connectivity index (χ3v) is 2.90. The number of halogens is 4. The van der Waals surface area contributed by atoms with Gasteiger partial charge in [0.05, 0.1) is 5.56 Å². The molecule has 0 saturated heterocycles. The van der Waals surface area contributed by atoms with E-state index in [2.05, 4.69) is 20.9 Å². The summed E-state index contributed by atoms with van der Waals surface area (Å²) in [6.45, 7) is 0. The van der Waals surface area contributed by atoms with E-state index in [1.807, 2.05) is 0 Å². The van der Waals surface area contributed by atoms with Crippen molar-refractivity contribution in [3.05, 3.63) is 25.5 Å². The van der Waals surface area contributed by atoms with Crippen LogP contribution in [0, 0.1) is 3.57 Å². The first-order valence-electron chi connectivity index (χ1n) is 3.31. The fourth-order valence-corrected chi connectivity index (χ4v) is 2.53. The Morgan fingerprint density at radius 1 is 1.64 bits per heavy atom. The van der Waals surface area contributed by atoms with Crippen molar-refractivity contribution in [2.75, 3.05) is 0 Å². The first kappa shape index (κ1) is 11.8. The first-order chi connectivity index (χ1) is 6.43. The standard InChI is InChI=1S/C7H3BrF2INO2/c8-5-4(6(9)10)2(11)1-3(12-5)7(13)14/h1,6H,(H,13,14). The quantitative estimate of drug-likeness (QED) is 0.636. The molecule has 0 aliphatic heterocycles. The summed E-state index contributed by atoms with van der Waals surface area (Å²) in [5.41, 5.74) is -0.540. The van der Waals surface area contributed by atoms with E-state index < -0.39 is 12.4 Å². The average molecular weight is 378 g/mol. The minimum atomic E-state index is -2.67. The summed E-state index contributed by atoms with van der Waals surface area (Å²) in [6.07, 6.45) is -2.67. The summed E-state index contributed by atoms with van der Waals surface area (Å²) >= 11 is 4.45. The summed E-state index contributed by atoms with van der Waals surface area (Å²) in [7, 11) is 0. The van der Waals surface area contributed by atoms with Gasteiger partial charge in [0.25, 0.3) is 6.43 Å². The molecular weight excluding hydrogens is 375 g/mol. The molecule has 1 heterocycles. The highest BCUT2D eigenvalue weighted by Crippen LogP contribution is 2.30. The number of carboxylic acid groups (broad SMARTS) is 1. The Hall–Kier alpha value is -0.310. The fraction of sp³-hybridized carbons (Fsp3) is 0.143. The van der Waals surface area contributed by atoms with E-state index in [0.717, 1.165) is 6.07 Å². The molecule has 0 aromatic carbocycles. The maximum absolute atomic E-state index is 12.4. The molecule has 0 bridgehead atoms. The number of alkyl halides is 2. The van der Waals surface area contributed by atoms with Crippen molar-refractivity contribution in [2.24, 2.45) is 0 Å². The van der Waals surface area contributed by atoms with Crippen molar-refractivity contribution >= 4 is 44.5 Å². The smallest absolute Gasteiger partial charge is 0.354 e. The van der Waals surface area contributed by atoms with Crippen LogP contribution in [-0.4, -0.2) is 16.1 Å². The molecule has 7 heteroatoms. The molecule has 3 nitrogen and oxygen atoms in total. The molecule has 1 aromatic rings. The van der Waals surface area contributed by atoms with E-state index in [1.165, 1.54) is 0 Å². The zero-order valence-corrected chi connectivity index (χ0v) is 10.2. The lowest BCUT2D eigenvalue weighted by Crippen LogP contribution is -2.04. The van der Waals surface area contributed by atoms with E-state index in [9.17, 15) is 13.6 Å². The van der Waals surface area contributed by atoms with Gasteiger partial charge in [-0.25, -0.2) is 18.6 Å². The number of hydrogen-bond acceptors (Lipinski definition) is 2. The Morgan fingerprint density at radius 2 is 2.21 bits per heavy atom. The molecular formula is C7H3BrF2INO2. The van der Waals surface area contributed by atoms with Crippen molar-refractivity contribution in [3.63, 3.8) is 0 Å². The Morgan fingerprint density at radius 3 is 2.57 bits per heavy atom. The molecule has 0 unspecified atom stereocenters. The van der Waals surface area contributed by atoms with Crippen molar-refractivity contribution in [1.29, 1.82) is 0 Å². The second-order valence-electron chi connectivity index (χ2n) is 2.30. The van der Waals surface area contributed by atoms with Crippen LogP contribution in [0.5, 0.6) is 0 Å². The molecule has 0 spiro atoms. The largest absolute Gasteiger partial charge is 0.477 e. The van der Waals surface area contributed by atoms with Gasteiger partial charge >= 0.3 is 5.97 Å². The number of nitrogens with zero attached hydrogens (tertiary/aromatic N) is 1. The summed E-state index contributed by atoms with van der Waals surface area (Å²) < 4.78 is 24.8. The summed E-state index contributed by atoms with van der Waals surface area (Å²) in [6, 6.07) is 1.11. The number of rotatable bonds is 2. The Labute approximate surface area is 99.8 Å². The van der Waals surface area contributed by atoms with Crippen LogP contribution >= 0.6 is 38.5 Å². The number of pyridine rings is 1. The highest BCUT2D eigenvalue weighted by molar-refractivity contribution is 14.1. The molecule has 76 valence electrons. The first-order valence-corrected chi connectivity index (χ1v) is 5.18. The van der Waals surface area contributed by atoms with Gasteiger partial charge < -0.3 is 5.11 Å². The van der Waals surface area contributed by atoms with Gasteiger partial charge in [0.15, 0.2) is 5.69 Å². The maximum atomic E-state index is 12.4. The van der Waals surface area contributed by atoms with Crippen molar-refractivity contribution in [2.45, 2.75) is 6.43 Å². The molecule has 0 aliphatic carbocycles. The van der Waals surface area contributed by atoms with Crippen LogP contribution in [0.15, 0.2) is 10.7 Å². The molecule has 0 radical (unpaired) electrons. The minimum Gasteiger partial charge on any atom is -0.477 e. The lowest BCUT2D eigenvalue weighted by atomic mass is 10.2. The van der Waals surface area contributed by atoms with E-state index in [-0.39, 0.29) is 19.4 Å². The third-order valence-electron chi connectivity index (χ3n) is 1.40. The Balaban J connectivity index is 3.32. The van der Waals surface area contributed by atoms with Gasteiger partial charge in [0.1, 0.15) is 4.60 Å². The Bertz CT molecular complexity index is 363. The number of carbonyl (C=O) groups is 1. The molecule has 0 saturated carbocycles. The van der Waals surface area contributed by atoms with E-state index in [0.29, 0.717) is 0 Å². The topological polar surface area (TPSA) is 50.2 Å². The highest BCUT2D eigenvalue weighted by atomic mass is 127. The molecule has 0 atom stereocenters. The lowest BCUT2D eigenvalue weighted by Gasteiger charge is -2.06. The number of carboxylic acids is 1. The molecule has 0 aliphatic rings. The van der Waals surface area contributed by atoms with Gasteiger partial charge in [-0.05, 0) is 44.6 Å². The van der Waals surface area contributed by atoms with Gasteiger partial charge in [0, 0.05) is 3.57 Å². The zero-order valence-electron chi connectivity index (χ0n) is 6.47. The van der Waals surface area contributed by atoms with Crippen LogP contribution in [0.3, 0.4) is 0 Å². The van der Waals surface area contributed by atoms with Gasteiger partial charge in [-0.15, -0.1) is 0 Å². The average Bonchev–Trinajstić information content (AvgIpc) is 2.01. The Kier molecular flexibility index (Phi) is 3.76. The number of hydrogen-bond donors (Lipinski definition) is 1. The summed E-state index contributed by atoms with van der Waals surface area (Å²) in [5.74, 6) is -1.25. The normalized spacial score (nSPS) is 10.6.